The predicted octanol–water partition coefficient (Wildman–Crippen LogP) is 1.96. The Kier molecular flexibility index (Phi) is 2.94. The van der Waals surface area contributed by atoms with E-state index in [1.807, 2.05) is 0 Å². The van der Waals surface area contributed by atoms with Crippen LogP contribution in [-0.4, -0.2) is 15.3 Å². The molecule has 1 unspecified atom stereocenters. The van der Waals surface area contributed by atoms with Crippen molar-refractivity contribution in [3.05, 3.63) is 42.5 Å². The highest BCUT2D eigenvalue weighted by molar-refractivity contribution is 5.58. The quantitative estimate of drug-likeness (QED) is 0.506. The number of benzene rings is 1. The molecule has 3 heteroatoms. The topological polar surface area (TPSA) is 60.7 Å². The van der Waals surface area contributed by atoms with Crippen molar-refractivity contribution in [3.8, 4) is 11.5 Å². The lowest BCUT2D eigenvalue weighted by Crippen LogP contribution is -1.94. The highest BCUT2D eigenvalue weighted by atomic mass is 16.3. The van der Waals surface area contributed by atoms with Gasteiger partial charge in [0.25, 0.3) is 0 Å². The molecule has 0 heterocycles. The SMILES string of the molecule is C=Cc1cc(O)c(O)c(C(O)C=C)c1. The lowest BCUT2D eigenvalue weighted by atomic mass is 10.0. The van der Waals surface area contributed by atoms with Gasteiger partial charge in [-0.2, -0.15) is 0 Å². The van der Waals surface area contributed by atoms with Crippen molar-refractivity contribution in [2.75, 3.05) is 0 Å². The summed E-state index contributed by atoms with van der Waals surface area (Å²) in [5.41, 5.74) is 0.839. The van der Waals surface area contributed by atoms with Gasteiger partial charge in [-0.3, -0.25) is 0 Å². The van der Waals surface area contributed by atoms with Crippen LogP contribution in [0.25, 0.3) is 6.08 Å². The van der Waals surface area contributed by atoms with E-state index < -0.39 is 6.10 Å². The number of aliphatic hydroxyl groups excluding tert-OH is 1. The smallest absolute Gasteiger partial charge is 0.163 e. The fraction of sp³-hybridized carbons (Fsp3) is 0.0909. The molecule has 0 aliphatic heterocycles. The molecule has 1 aromatic carbocycles. The second-order valence-electron chi connectivity index (χ2n) is 2.86. The Balaban J connectivity index is 3.33. The van der Waals surface area contributed by atoms with Gasteiger partial charge in [0.2, 0.25) is 0 Å². The molecule has 74 valence electrons. The molecule has 3 nitrogen and oxygen atoms in total. The normalized spacial score (nSPS) is 12.1. The summed E-state index contributed by atoms with van der Waals surface area (Å²) in [6.45, 7) is 6.92. The third-order valence-corrected chi connectivity index (χ3v) is 1.92. The molecule has 1 atom stereocenters. The molecule has 0 aliphatic carbocycles. The molecule has 1 aromatic rings. The zero-order chi connectivity index (χ0) is 10.7. The van der Waals surface area contributed by atoms with E-state index in [2.05, 4.69) is 13.2 Å². The van der Waals surface area contributed by atoms with Gasteiger partial charge in [-0.1, -0.05) is 18.7 Å². The number of phenols is 2. The van der Waals surface area contributed by atoms with Crippen LogP contribution in [0.2, 0.25) is 0 Å². The predicted molar refractivity (Wildman–Crippen MR) is 55.0 cm³/mol. The van der Waals surface area contributed by atoms with Gasteiger partial charge in [-0.05, 0) is 17.7 Å². The van der Waals surface area contributed by atoms with Crippen LogP contribution in [0.3, 0.4) is 0 Å². The summed E-state index contributed by atoms with van der Waals surface area (Å²) in [4.78, 5) is 0. The number of rotatable bonds is 3. The zero-order valence-electron chi connectivity index (χ0n) is 7.64. The molecule has 0 spiro atoms. The van der Waals surface area contributed by atoms with E-state index in [4.69, 9.17) is 0 Å². The molecular formula is C11H12O3. The molecule has 0 saturated heterocycles. The van der Waals surface area contributed by atoms with E-state index in [9.17, 15) is 15.3 Å². The maximum atomic E-state index is 9.43. The van der Waals surface area contributed by atoms with Crippen LogP contribution in [0.1, 0.15) is 17.2 Å². The summed E-state index contributed by atoms with van der Waals surface area (Å²) >= 11 is 0. The van der Waals surface area contributed by atoms with Crippen molar-refractivity contribution >= 4 is 6.08 Å². The van der Waals surface area contributed by atoms with E-state index in [0.29, 0.717) is 5.56 Å². The highest BCUT2D eigenvalue weighted by Gasteiger charge is 2.13. The Bertz CT molecular complexity index is 369. The molecule has 0 aromatic heterocycles. The van der Waals surface area contributed by atoms with Gasteiger partial charge in [0, 0.05) is 5.56 Å². The van der Waals surface area contributed by atoms with Crippen LogP contribution >= 0.6 is 0 Å². The molecule has 0 amide bonds. The molecule has 3 N–H and O–H groups in total. The minimum Gasteiger partial charge on any atom is -0.504 e. The first-order valence-electron chi connectivity index (χ1n) is 4.09. The number of hydrogen-bond acceptors (Lipinski definition) is 3. The van der Waals surface area contributed by atoms with Gasteiger partial charge in [-0.25, -0.2) is 0 Å². The molecule has 14 heavy (non-hydrogen) atoms. The Morgan fingerprint density at radius 2 is 1.86 bits per heavy atom. The number of hydrogen-bond donors (Lipinski definition) is 3. The average Bonchev–Trinajstić information content (AvgIpc) is 2.20. The molecule has 1 rings (SSSR count). The molecule has 0 bridgehead atoms. The van der Waals surface area contributed by atoms with Crippen molar-refractivity contribution in [2.24, 2.45) is 0 Å². The third kappa shape index (κ3) is 1.78. The van der Waals surface area contributed by atoms with Crippen LogP contribution in [0, 0.1) is 0 Å². The third-order valence-electron chi connectivity index (χ3n) is 1.92. The van der Waals surface area contributed by atoms with Gasteiger partial charge in [0.1, 0.15) is 6.10 Å². The van der Waals surface area contributed by atoms with Crippen LogP contribution in [0.4, 0.5) is 0 Å². The Morgan fingerprint density at radius 3 is 2.36 bits per heavy atom. The second kappa shape index (κ2) is 3.98. The second-order valence-corrected chi connectivity index (χ2v) is 2.86. The Hall–Kier alpha value is -1.74. The molecule has 0 fully saturated rings. The molecule has 0 saturated carbocycles. The largest absolute Gasteiger partial charge is 0.504 e. The maximum absolute atomic E-state index is 9.43. The van der Waals surface area contributed by atoms with Crippen molar-refractivity contribution in [1.29, 1.82) is 0 Å². The summed E-state index contributed by atoms with van der Waals surface area (Å²) in [5.74, 6) is -0.610. The molecule has 0 radical (unpaired) electrons. The summed E-state index contributed by atoms with van der Waals surface area (Å²) in [6, 6.07) is 2.90. The minimum atomic E-state index is -0.999. The van der Waals surface area contributed by atoms with Gasteiger partial charge in [0.05, 0.1) is 0 Å². The van der Waals surface area contributed by atoms with E-state index in [1.165, 1.54) is 24.3 Å². The van der Waals surface area contributed by atoms with Crippen LogP contribution in [0.5, 0.6) is 11.5 Å². The Labute approximate surface area is 82.3 Å². The first-order chi connectivity index (χ1) is 6.60. The van der Waals surface area contributed by atoms with E-state index >= 15 is 0 Å². The minimum absolute atomic E-state index is 0.218. The fourth-order valence-corrected chi connectivity index (χ4v) is 1.13. The van der Waals surface area contributed by atoms with Gasteiger partial charge in [0.15, 0.2) is 11.5 Å². The zero-order valence-corrected chi connectivity index (χ0v) is 7.64. The van der Waals surface area contributed by atoms with Crippen molar-refractivity contribution < 1.29 is 15.3 Å². The van der Waals surface area contributed by atoms with Crippen molar-refractivity contribution in [3.63, 3.8) is 0 Å². The van der Waals surface area contributed by atoms with E-state index in [-0.39, 0.29) is 17.1 Å². The maximum Gasteiger partial charge on any atom is 0.163 e. The van der Waals surface area contributed by atoms with E-state index in [1.54, 1.807) is 0 Å². The Morgan fingerprint density at radius 1 is 1.21 bits per heavy atom. The first-order valence-corrected chi connectivity index (χ1v) is 4.09. The van der Waals surface area contributed by atoms with Gasteiger partial charge in [-0.15, -0.1) is 6.58 Å². The highest BCUT2D eigenvalue weighted by Crippen LogP contribution is 2.34. The van der Waals surface area contributed by atoms with Crippen molar-refractivity contribution in [2.45, 2.75) is 6.10 Å². The first kappa shape index (κ1) is 10.3. The number of aromatic hydroxyl groups is 2. The van der Waals surface area contributed by atoms with Gasteiger partial charge < -0.3 is 15.3 Å². The monoisotopic (exact) mass is 192 g/mol. The standard InChI is InChI=1S/C11H12O3/c1-3-7-5-8(9(12)4-2)11(14)10(13)6-7/h3-6,9,12-14H,1-2H2. The van der Waals surface area contributed by atoms with Crippen molar-refractivity contribution in [1.82, 2.24) is 0 Å². The summed E-state index contributed by atoms with van der Waals surface area (Å²) in [5, 5.41) is 28.2. The van der Waals surface area contributed by atoms with Crippen LogP contribution in [0.15, 0.2) is 31.4 Å². The number of aliphatic hydroxyl groups is 1. The number of phenolic OH excluding ortho intramolecular Hbond substituents is 2. The molecule has 0 aliphatic rings. The summed E-state index contributed by atoms with van der Waals surface area (Å²) < 4.78 is 0. The van der Waals surface area contributed by atoms with Gasteiger partial charge >= 0.3 is 0 Å². The van der Waals surface area contributed by atoms with Crippen LogP contribution < -0.4 is 0 Å². The summed E-state index contributed by atoms with van der Waals surface area (Å²) in [6.07, 6.45) is 1.78. The lowest BCUT2D eigenvalue weighted by Gasteiger charge is -2.10. The average molecular weight is 192 g/mol. The lowest BCUT2D eigenvalue weighted by molar-refractivity contribution is 0.222. The van der Waals surface area contributed by atoms with E-state index in [0.717, 1.165) is 0 Å². The van der Waals surface area contributed by atoms with Crippen LogP contribution in [-0.2, 0) is 0 Å². The summed E-state index contributed by atoms with van der Waals surface area (Å²) in [7, 11) is 0. The molecular weight excluding hydrogens is 180 g/mol. The fourth-order valence-electron chi connectivity index (χ4n) is 1.13.